The summed E-state index contributed by atoms with van der Waals surface area (Å²) in [5.41, 5.74) is 1.20. The van der Waals surface area contributed by atoms with Gasteiger partial charge in [0.05, 0.1) is 24.9 Å². The van der Waals surface area contributed by atoms with Gasteiger partial charge in [-0.05, 0) is 50.6 Å². The number of rotatable bonds is 7. The van der Waals surface area contributed by atoms with Crippen molar-refractivity contribution in [1.29, 1.82) is 0 Å². The average Bonchev–Trinajstić information content (AvgIpc) is 3.27. The number of likely N-dealkylation sites (N-methyl/N-ethyl adjacent to an activating group) is 1. The number of hydrogen-bond acceptors (Lipinski definition) is 6. The van der Waals surface area contributed by atoms with Crippen LogP contribution in [0.1, 0.15) is 11.3 Å². The molecule has 1 aromatic carbocycles. The summed E-state index contributed by atoms with van der Waals surface area (Å²) < 4.78 is 16.7. The second kappa shape index (κ2) is 9.40. The predicted octanol–water partition coefficient (Wildman–Crippen LogP) is 2.33. The van der Waals surface area contributed by atoms with Gasteiger partial charge in [-0.25, -0.2) is 0 Å². The quantitative estimate of drug-likeness (QED) is 0.540. The number of hydrogen-bond donors (Lipinski definition) is 2. The van der Waals surface area contributed by atoms with Crippen molar-refractivity contribution in [1.82, 2.24) is 20.1 Å². The summed E-state index contributed by atoms with van der Waals surface area (Å²) in [5, 5.41) is 4.68. The van der Waals surface area contributed by atoms with E-state index >= 15 is 0 Å². The van der Waals surface area contributed by atoms with Gasteiger partial charge in [0.15, 0.2) is 16.6 Å². The van der Waals surface area contributed by atoms with Crippen LogP contribution in [0.25, 0.3) is 10.9 Å². The molecule has 0 fully saturated rings. The lowest BCUT2D eigenvalue weighted by atomic mass is 10.1. The summed E-state index contributed by atoms with van der Waals surface area (Å²) in [4.78, 5) is 19.8. The van der Waals surface area contributed by atoms with E-state index < -0.39 is 0 Å². The van der Waals surface area contributed by atoms with Crippen molar-refractivity contribution in [2.45, 2.75) is 13.1 Å². The molecule has 164 valence electrons. The Morgan fingerprint density at radius 2 is 1.94 bits per heavy atom. The van der Waals surface area contributed by atoms with Crippen LogP contribution in [0.15, 0.2) is 45.8 Å². The lowest BCUT2D eigenvalue weighted by Crippen LogP contribution is -2.43. The number of benzene rings is 1. The van der Waals surface area contributed by atoms with E-state index in [0.717, 1.165) is 23.2 Å². The maximum atomic E-state index is 12.8. The van der Waals surface area contributed by atoms with Crippen LogP contribution >= 0.6 is 12.2 Å². The van der Waals surface area contributed by atoms with Crippen molar-refractivity contribution in [2.24, 2.45) is 0 Å². The molecular weight excluding hydrogens is 416 g/mol. The fourth-order valence-corrected chi connectivity index (χ4v) is 3.60. The van der Waals surface area contributed by atoms with E-state index in [1.807, 2.05) is 49.3 Å². The number of furan rings is 1. The van der Waals surface area contributed by atoms with Gasteiger partial charge < -0.3 is 34.0 Å². The number of aromatic nitrogens is 1. The smallest absolute Gasteiger partial charge is 0.253 e. The summed E-state index contributed by atoms with van der Waals surface area (Å²) >= 11 is 5.62. The molecule has 31 heavy (non-hydrogen) atoms. The fourth-order valence-electron chi connectivity index (χ4n) is 3.37. The van der Waals surface area contributed by atoms with Crippen LogP contribution in [0, 0.1) is 0 Å². The Morgan fingerprint density at radius 1 is 1.16 bits per heavy atom. The van der Waals surface area contributed by atoms with E-state index in [1.165, 1.54) is 0 Å². The molecule has 3 aromatic rings. The molecule has 0 atom stereocenters. The molecule has 9 heteroatoms. The average molecular weight is 443 g/mol. The van der Waals surface area contributed by atoms with Gasteiger partial charge in [-0.1, -0.05) is 0 Å². The van der Waals surface area contributed by atoms with Crippen molar-refractivity contribution >= 4 is 28.2 Å². The first-order chi connectivity index (χ1) is 15.0. The largest absolute Gasteiger partial charge is 0.486 e. The molecular formula is C22H26N4O4S. The normalized spacial score (nSPS) is 12.9. The second-order valence-corrected chi connectivity index (χ2v) is 8.06. The van der Waals surface area contributed by atoms with Crippen molar-refractivity contribution in [3.8, 4) is 11.5 Å². The third kappa shape index (κ3) is 5.18. The highest BCUT2D eigenvalue weighted by molar-refractivity contribution is 7.80. The fraction of sp³-hybridized carbons (Fsp3) is 0.364. The molecule has 1 aliphatic heterocycles. The molecule has 3 heterocycles. The number of ether oxygens (including phenoxy) is 2. The first-order valence-corrected chi connectivity index (χ1v) is 10.6. The lowest BCUT2D eigenvalue weighted by Gasteiger charge is -2.27. The van der Waals surface area contributed by atoms with Gasteiger partial charge in [0.25, 0.3) is 5.56 Å². The zero-order chi connectivity index (χ0) is 21.8. The number of H-pyrrole nitrogens is 1. The summed E-state index contributed by atoms with van der Waals surface area (Å²) in [6.07, 6.45) is 1.63. The van der Waals surface area contributed by atoms with E-state index in [-0.39, 0.29) is 5.56 Å². The van der Waals surface area contributed by atoms with Gasteiger partial charge in [0, 0.05) is 30.1 Å². The molecule has 2 N–H and O–H groups in total. The van der Waals surface area contributed by atoms with Crippen molar-refractivity contribution < 1.29 is 13.9 Å². The first-order valence-electron chi connectivity index (χ1n) is 10.1. The molecule has 0 unspecified atom stereocenters. The van der Waals surface area contributed by atoms with Gasteiger partial charge >= 0.3 is 0 Å². The van der Waals surface area contributed by atoms with Crippen LogP contribution in [-0.4, -0.2) is 60.3 Å². The summed E-state index contributed by atoms with van der Waals surface area (Å²) in [6, 6.07) is 9.34. The minimum absolute atomic E-state index is 0.145. The van der Waals surface area contributed by atoms with Crippen LogP contribution in [0.3, 0.4) is 0 Å². The Balaban J connectivity index is 1.56. The lowest BCUT2D eigenvalue weighted by molar-refractivity contribution is 0.172. The van der Waals surface area contributed by atoms with E-state index in [2.05, 4.69) is 15.2 Å². The molecule has 0 aliphatic carbocycles. The van der Waals surface area contributed by atoms with Crippen molar-refractivity contribution in [3.63, 3.8) is 0 Å². The standard InChI is InChI=1S/C22H26N4O4S/c1-25(2)5-6-26(22(31)23-13-17-4-3-7-28-17)14-16-10-15-11-19-20(30-9-8-29-19)12-18(15)24-21(16)27/h3-4,7,10-12H,5-6,8-9,13-14H2,1-2H3,(H,23,31)(H,24,27). The summed E-state index contributed by atoms with van der Waals surface area (Å²) in [5.74, 6) is 2.14. The van der Waals surface area contributed by atoms with E-state index in [0.29, 0.717) is 55.0 Å². The van der Waals surface area contributed by atoms with Gasteiger partial charge in [0.2, 0.25) is 0 Å². The molecule has 8 nitrogen and oxygen atoms in total. The Morgan fingerprint density at radius 3 is 2.65 bits per heavy atom. The van der Waals surface area contributed by atoms with Gasteiger partial charge in [-0.3, -0.25) is 4.79 Å². The zero-order valence-electron chi connectivity index (χ0n) is 17.6. The minimum Gasteiger partial charge on any atom is -0.486 e. The summed E-state index contributed by atoms with van der Waals surface area (Å²) in [6.45, 7) is 3.37. The first kappa shape index (κ1) is 21.2. The second-order valence-electron chi connectivity index (χ2n) is 7.67. The molecule has 0 saturated heterocycles. The van der Waals surface area contributed by atoms with Crippen LogP contribution in [-0.2, 0) is 13.1 Å². The molecule has 0 spiro atoms. The third-order valence-electron chi connectivity index (χ3n) is 5.04. The van der Waals surface area contributed by atoms with Crippen molar-refractivity contribution in [2.75, 3.05) is 40.4 Å². The van der Waals surface area contributed by atoms with Crippen LogP contribution < -0.4 is 20.3 Å². The minimum atomic E-state index is -0.145. The number of fused-ring (bicyclic) bond motifs is 2. The number of pyridine rings is 1. The third-order valence-corrected chi connectivity index (χ3v) is 5.45. The van der Waals surface area contributed by atoms with Crippen LogP contribution in [0.4, 0.5) is 0 Å². The van der Waals surface area contributed by atoms with Crippen LogP contribution in [0.5, 0.6) is 11.5 Å². The Bertz CT molecular complexity index is 1110. The SMILES string of the molecule is CN(C)CCN(Cc1cc2cc3c(cc2[nH]c1=O)OCCO3)C(=S)NCc1ccco1. The molecule has 0 bridgehead atoms. The maximum absolute atomic E-state index is 12.8. The molecule has 0 saturated carbocycles. The molecule has 4 rings (SSSR count). The highest BCUT2D eigenvalue weighted by atomic mass is 32.1. The Labute approximate surface area is 185 Å². The molecule has 2 aromatic heterocycles. The number of aromatic amines is 1. The van der Waals surface area contributed by atoms with E-state index in [1.54, 1.807) is 6.26 Å². The Hall–Kier alpha value is -3.04. The maximum Gasteiger partial charge on any atom is 0.253 e. The molecule has 1 aliphatic rings. The molecule has 0 radical (unpaired) electrons. The van der Waals surface area contributed by atoms with Crippen molar-refractivity contribution in [3.05, 3.63) is 58.3 Å². The highest BCUT2D eigenvalue weighted by Gasteiger charge is 2.17. The number of nitrogens with one attached hydrogen (secondary N) is 2. The number of thiocarbonyl (C=S) groups is 1. The molecule has 0 amide bonds. The van der Waals surface area contributed by atoms with Gasteiger partial charge in [-0.15, -0.1) is 0 Å². The Kier molecular flexibility index (Phi) is 6.43. The number of nitrogens with zero attached hydrogens (tertiary/aromatic N) is 2. The topological polar surface area (TPSA) is 83.0 Å². The zero-order valence-corrected chi connectivity index (χ0v) is 18.5. The van der Waals surface area contributed by atoms with E-state index in [4.69, 9.17) is 26.1 Å². The predicted molar refractivity (Wildman–Crippen MR) is 123 cm³/mol. The van der Waals surface area contributed by atoms with Gasteiger partial charge in [0.1, 0.15) is 19.0 Å². The van der Waals surface area contributed by atoms with Crippen LogP contribution in [0.2, 0.25) is 0 Å². The summed E-state index contributed by atoms with van der Waals surface area (Å²) in [7, 11) is 4.01. The van der Waals surface area contributed by atoms with E-state index in [9.17, 15) is 4.79 Å². The highest BCUT2D eigenvalue weighted by Crippen LogP contribution is 2.33. The monoisotopic (exact) mass is 442 g/mol. The van der Waals surface area contributed by atoms with Gasteiger partial charge in [-0.2, -0.15) is 0 Å².